The number of hydrogen-bond donors (Lipinski definition) is 1. The molecule has 1 aliphatic heterocycles. The normalized spacial score (nSPS) is 20.2. The Morgan fingerprint density at radius 2 is 2.40 bits per heavy atom. The fourth-order valence-corrected chi connectivity index (χ4v) is 4.08. The van der Waals surface area contributed by atoms with Crippen molar-refractivity contribution in [2.45, 2.75) is 12.5 Å². The highest BCUT2D eigenvalue weighted by Crippen LogP contribution is 2.37. The van der Waals surface area contributed by atoms with Crippen LogP contribution in [0.3, 0.4) is 0 Å². The van der Waals surface area contributed by atoms with Crippen LogP contribution in [0.4, 0.5) is 0 Å². The summed E-state index contributed by atoms with van der Waals surface area (Å²) in [6, 6.07) is 4.34. The van der Waals surface area contributed by atoms with Crippen LogP contribution in [-0.2, 0) is 6.54 Å². The molecule has 0 radical (unpaired) electrons. The van der Waals surface area contributed by atoms with Gasteiger partial charge in [0.15, 0.2) is 0 Å². The molecule has 0 unspecified atom stereocenters. The lowest BCUT2D eigenvalue weighted by molar-refractivity contribution is 0.601. The molecule has 0 saturated carbocycles. The van der Waals surface area contributed by atoms with Crippen molar-refractivity contribution in [3.8, 4) is 0 Å². The number of nitrogens with one attached hydrogen (secondary N) is 1. The van der Waals surface area contributed by atoms with E-state index in [4.69, 9.17) is 11.6 Å². The van der Waals surface area contributed by atoms with Gasteiger partial charge in [0.25, 0.3) is 0 Å². The largest absolute Gasteiger partial charge is 0.311 e. The summed E-state index contributed by atoms with van der Waals surface area (Å²) in [6.45, 7) is 1.99. The summed E-state index contributed by atoms with van der Waals surface area (Å²) < 4.78 is 0.906. The molecule has 0 bridgehead atoms. The van der Waals surface area contributed by atoms with Crippen molar-refractivity contribution in [3.63, 3.8) is 0 Å². The minimum Gasteiger partial charge on any atom is -0.311 e. The average molecular weight is 256 g/mol. The van der Waals surface area contributed by atoms with Gasteiger partial charge in [-0.3, -0.25) is 0 Å². The maximum atomic E-state index is 6.07. The monoisotopic (exact) mass is 255 g/mol. The Balaban J connectivity index is 2.06. The highest BCUT2D eigenvalue weighted by Gasteiger charge is 2.23. The number of fused-ring (bicyclic) bond motifs is 1. The van der Waals surface area contributed by atoms with E-state index in [1.165, 1.54) is 16.0 Å². The van der Waals surface area contributed by atoms with Gasteiger partial charge in [-0.2, -0.15) is 11.3 Å². The molecule has 15 heavy (non-hydrogen) atoms. The smallest absolute Gasteiger partial charge is 0.0934 e. The summed E-state index contributed by atoms with van der Waals surface area (Å²) in [5.74, 6) is 0.490. The molecule has 78 valence electrons. The van der Waals surface area contributed by atoms with E-state index in [9.17, 15) is 0 Å². The van der Waals surface area contributed by atoms with E-state index in [0.29, 0.717) is 5.92 Å². The predicted molar refractivity (Wildman–Crippen MR) is 67.2 cm³/mol. The third kappa shape index (κ3) is 1.74. The number of halogens is 1. The van der Waals surface area contributed by atoms with E-state index in [1.54, 1.807) is 22.7 Å². The van der Waals surface area contributed by atoms with Crippen molar-refractivity contribution >= 4 is 34.3 Å². The molecule has 1 atom stereocenters. The average Bonchev–Trinajstić information content (AvgIpc) is 2.82. The second-order valence-corrected chi connectivity index (χ2v) is 6.22. The maximum Gasteiger partial charge on any atom is 0.0934 e. The Morgan fingerprint density at radius 3 is 3.20 bits per heavy atom. The SMILES string of the molecule is Clc1cc2c(s1)CNC[C@H]2c1ccsc1. The summed E-state index contributed by atoms with van der Waals surface area (Å²) in [7, 11) is 0. The van der Waals surface area contributed by atoms with E-state index in [-0.39, 0.29) is 0 Å². The first-order chi connectivity index (χ1) is 7.34. The molecule has 3 rings (SSSR count). The fraction of sp³-hybridized carbons (Fsp3) is 0.273. The molecule has 0 saturated heterocycles. The van der Waals surface area contributed by atoms with Crippen LogP contribution in [0.5, 0.6) is 0 Å². The van der Waals surface area contributed by atoms with E-state index in [0.717, 1.165) is 17.4 Å². The minimum atomic E-state index is 0.490. The zero-order valence-electron chi connectivity index (χ0n) is 8.00. The molecule has 3 heterocycles. The molecule has 1 aliphatic rings. The molecule has 4 heteroatoms. The summed E-state index contributed by atoms with van der Waals surface area (Å²) in [6.07, 6.45) is 0. The highest BCUT2D eigenvalue weighted by atomic mass is 35.5. The van der Waals surface area contributed by atoms with Crippen LogP contribution in [0.1, 0.15) is 21.9 Å². The lowest BCUT2D eigenvalue weighted by Gasteiger charge is -2.22. The third-order valence-corrected chi connectivity index (χ3v) is 4.75. The molecule has 0 fully saturated rings. The molecule has 0 aromatic carbocycles. The number of hydrogen-bond acceptors (Lipinski definition) is 3. The highest BCUT2D eigenvalue weighted by molar-refractivity contribution is 7.16. The second-order valence-electron chi connectivity index (χ2n) is 3.67. The Morgan fingerprint density at radius 1 is 1.47 bits per heavy atom. The van der Waals surface area contributed by atoms with Crippen LogP contribution in [0.25, 0.3) is 0 Å². The third-order valence-electron chi connectivity index (χ3n) is 2.77. The molecule has 1 nitrogen and oxygen atoms in total. The van der Waals surface area contributed by atoms with Crippen molar-refractivity contribution in [1.29, 1.82) is 0 Å². The first-order valence-corrected chi connectivity index (χ1v) is 6.99. The van der Waals surface area contributed by atoms with Gasteiger partial charge in [0.2, 0.25) is 0 Å². The van der Waals surface area contributed by atoms with Crippen LogP contribution >= 0.6 is 34.3 Å². The Kier molecular flexibility index (Phi) is 2.56. The molecular weight excluding hydrogens is 246 g/mol. The topological polar surface area (TPSA) is 12.0 Å². The standard InChI is InChI=1S/C11H10ClNS2/c12-11-3-8-9(7-1-2-14-6-7)4-13-5-10(8)15-11/h1-3,6,9,13H,4-5H2/t9-/m0/s1. The van der Waals surface area contributed by atoms with Gasteiger partial charge in [0.05, 0.1) is 4.34 Å². The van der Waals surface area contributed by atoms with Gasteiger partial charge in [-0.05, 0) is 34.0 Å². The number of rotatable bonds is 1. The molecule has 2 aromatic heterocycles. The quantitative estimate of drug-likeness (QED) is 0.819. The van der Waals surface area contributed by atoms with Crippen LogP contribution in [0.15, 0.2) is 22.9 Å². The zero-order chi connectivity index (χ0) is 10.3. The zero-order valence-corrected chi connectivity index (χ0v) is 10.4. The predicted octanol–water partition coefficient (Wildman–Crippen LogP) is 3.70. The molecule has 0 aliphatic carbocycles. The van der Waals surface area contributed by atoms with Crippen LogP contribution in [0.2, 0.25) is 4.34 Å². The van der Waals surface area contributed by atoms with Crippen molar-refractivity contribution < 1.29 is 0 Å². The first-order valence-electron chi connectivity index (χ1n) is 4.85. The second kappa shape index (κ2) is 3.91. The van der Waals surface area contributed by atoms with Crippen molar-refractivity contribution in [3.05, 3.63) is 43.2 Å². The lowest BCUT2D eigenvalue weighted by Crippen LogP contribution is -2.27. The molecule has 0 spiro atoms. The molecule has 1 N–H and O–H groups in total. The molecule has 2 aromatic rings. The van der Waals surface area contributed by atoms with E-state index < -0.39 is 0 Å². The van der Waals surface area contributed by atoms with Gasteiger partial charge in [0, 0.05) is 23.9 Å². The Bertz CT molecular complexity index is 461. The lowest BCUT2D eigenvalue weighted by atomic mass is 9.91. The number of thiophene rings is 2. The van der Waals surface area contributed by atoms with Gasteiger partial charge in [-0.15, -0.1) is 11.3 Å². The van der Waals surface area contributed by atoms with Crippen molar-refractivity contribution in [2.24, 2.45) is 0 Å². The summed E-state index contributed by atoms with van der Waals surface area (Å²) in [5.41, 5.74) is 2.82. The molecule has 0 amide bonds. The van der Waals surface area contributed by atoms with Crippen LogP contribution < -0.4 is 5.32 Å². The van der Waals surface area contributed by atoms with Gasteiger partial charge in [0.1, 0.15) is 0 Å². The fourth-order valence-electron chi connectivity index (χ4n) is 2.05. The summed E-state index contributed by atoms with van der Waals surface area (Å²) in [4.78, 5) is 1.39. The van der Waals surface area contributed by atoms with Gasteiger partial charge < -0.3 is 5.32 Å². The van der Waals surface area contributed by atoms with Crippen molar-refractivity contribution in [2.75, 3.05) is 6.54 Å². The first kappa shape index (κ1) is 9.85. The van der Waals surface area contributed by atoms with E-state index in [1.807, 2.05) is 0 Å². The van der Waals surface area contributed by atoms with Gasteiger partial charge >= 0.3 is 0 Å². The van der Waals surface area contributed by atoms with Gasteiger partial charge in [-0.1, -0.05) is 11.6 Å². The van der Waals surface area contributed by atoms with Gasteiger partial charge in [-0.25, -0.2) is 0 Å². The van der Waals surface area contributed by atoms with Crippen LogP contribution in [0, 0.1) is 0 Å². The maximum absolute atomic E-state index is 6.07. The Hall–Kier alpha value is -0.350. The Labute approximate surface area is 102 Å². The molecular formula is C11H10ClNS2. The summed E-state index contributed by atoms with van der Waals surface area (Å²) in [5, 5.41) is 7.81. The van der Waals surface area contributed by atoms with Crippen LogP contribution in [-0.4, -0.2) is 6.54 Å². The summed E-state index contributed by atoms with van der Waals surface area (Å²) >= 11 is 9.53. The van der Waals surface area contributed by atoms with E-state index >= 15 is 0 Å². The van der Waals surface area contributed by atoms with E-state index in [2.05, 4.69) is 28.2 Å². The minimum absolute atomic E-state index is 0.490. The van der Waals surface area contributed by atoms with Crippen molar-refractivity contribution in [1.82, 2.24) is 5.32 Å².